The maximum absolute atomic E-state index is 11.3. The van der Waals surface area contributed by atoms with Crippen molar-refractivity contribution in [2.75, 3.05) is 32.8 Å². The van der Waals surface area contributed by atoms with E-state index >= 15 is 0 Å². The van der Waals surface area contributed by atoms with Gasteiger partial charge in [0.25, 0.3) is 0 Å². The van der Waals surface area contributed by atoms with Gasteiger partial charge in [0, 0.05) is 33.0 Å². The van der Waals surface area contributed by atoms with Crippen LogP contribution in [0.5, 0.6) is 0 Å². The number of rotatable bonds is 4. The number of ether oxygens (including phenoxy) is 1. The summed E-state index contributed by atoms with van der Waals surface area (Å²) in [6, 6.07) is 0. The molecule has 0 radical (unpaired) electrons. The summed E-state index contributed by atoms with van der Waals surface area (Å²) in [6.07, 6.45) is 0.929. The van der Waals surface area contributed by atoms with Gasteiger partial charge in [-0.3, -0.25) is 9.69 Å². The smallest absolute Gasteiger partial charge is 0.171 e. The molecule has 0 aromatic carbocycles. The summed E-state index contributed by atoms with van der Waals surface area (Å²) in [5.41, 5.74) is 0.875. The van der Waals surface area contributed by atoms with Crippen LogP contribution in [-0.2, 0) is 11.2 Å². The molecule has 1 aromatic rings. The Morgan fingerprint density at radius 2 is 2.18 bits per heavy atom. The van der Waals surface area contributed by atoms with E-state index in [-0.39, 0.29) is 5.78 Å². The first kappa shape index (κ1) is 12.7. The maximum Gasteiger partial charge on any atom is 0.171 e. The minimum absolute atomic E-state index is 0.123. The van der Waals surface area contributed by atoms with Crippen LogP contribution in [0.1, 0.15) is 27.3 Å². The quantitative estimate of drug-likeness (QED) is 0.764. The van der Waals surface area contributed by atoms with E-state index in [1.165, 1.54) is 11.3 Å². The second-order valence-corrected chi connectivity index (χ2v) is 5.37. The SMILES string of the molecule is CC(=O)c1sc(CCN2CCOCC2)nc1C. The molecule has 0 N–H and O–H groups in total. The Hall–Kier alpha value is -0.780. The standard InChI is InChI=1S/C12H18N2O2S/c1-9-12(10(2)15)17-11(13-9)3-4-14-5-7-16-8-6-14/h3-8H2,1-2H3. The highest BCUT2D eigenvalue weighted by molar-refractivity contribution is 7.13. The predicted molar refractivity (Wildman–Crippen MR) is 67.8 cm³/mol. The van der Waals surface area contributed by atoms with Gasteiger partial charge in [0.05, 0.1) is 28.8 Å². The molecule has 2 rings (SSSR count). The zero-order valence-electron chi connectivity index (χ0n) is 10.4. The number of aromatic nitrogens is 1. The third-order valence-electron chi connectivity index (χ3n) is 2.91. The molecule has 0 saturated carbocycles. The summed E-state index contributed by atoms with van der Waals surface area (Å²) in [5.74, 6) is 0.123. The van der Waals surface area contributed by atoms with E-state index in [1.807, 2.05) is 6.92 Å². The van der Waals surface area contributed by atoms with Crippen molar-refractivity contribution in [3.8, 4) is 0 Å². The molecular weight excluding hydrogens is 236 g/mol. The number of carbonyl (C=O) groups is 1. The molecule has 1 saturated heterocycles. The maximum atomic E-state index is 11.3. The van der Waals surface area contributed by atoms with E-state index in [1.54, 1.807) is 6.92 Å². The Kier molecular flexibility index (Phi) is 4.25. The van der Waals surface area contributed by atoms with Crippen LogP contribution in [-0.4, -0.2) is 48.5 Å². The van der Waals surface area contributed by atoms with Crippen LogP contribution in [0.25, 0.3) is 0 Å². The van der Waals surface area contributed by atoms with Gasteiger partial charge in [-0.1, -0.05) is 0 Å². The molecule has 1 aliphatic rings. The van der Waals surface area contributed by atoms with Crippen LogP contribution in [0.15, 0.2) is 0 Å². The molecule has 94 valence electrons. The van der Waals surface area contributed by atoms with Crippen molar-refractivity contribution in [2.24, 2.45) is 0 Å². The lowest BCUT2D eigenvalue weighted by molar-refractivity contribution is 0.0384. The lowest BCUT2D eigenvalue weighted by atomic mass is 10.3. The first-order valence-corrected chi connectivity index (χ1v) is 6.76. The summed E-state index contributed by atoms with van der Waals surface area (Å²) in [6.45, 7) is 8.18. The second kappa shape index (κ2) is 5.71. The van der Waals surface area contributed by atoms with Gasteiger partial charge in [0.1, 0.15) is 0 Å². The lowest BCUT2D eigenvalue weighted by Crippen LogP contribution is -2.37. The third-order valence-corrected chi connectivity index (χ3v) is 4.22. The number of nitrogens with zero attached hydrogens (tertiary/aromatic N) is 2. The molecule has 5 heteroatoms. The Morgan fingerprint density at radius 1 is 1.47 bits per heavy atom. The molecule has 1 aliphatic heterocycles. The van der Waals surface area contributed by atoms with Crippen LogP contribution < -0.4 is 0 Å². The summed E-state index contributed by atoms with van der Waals surface area (Å²) >= 11 is 1.54. The monoisotopic (exact) mass is 254 g/mol. The van der Waals surface area contributed by atoms with Gasteiger partial charge in [-0.05, 0) is 6.92 Å². The average molecular weight is 254 g/mol. The molecule has 0 aliphatic carbocycles. The molecule has 0 bridgehead atoms. The Morgan fingerprint density at radius 3 is 2.76 bits per heavy atom. The Labute approximate surface area is 106 Å². The molecule has 4 nitrogen and oxygen atoms in total. The number of carbonyl (C=O) groups excluding carboxylic acids is 1. The van der Waals surface area contributed by atoms with Crippen LogP contribution in [0.2, 0.25) is 0 Å². The zero-order chi connectivity index (χ0) is 12.3. The van der Waals surface area contributed by atoms with Gasteiger partial charge in [-0.25, -0.2) is 4.98 Å². The normalized spacial score (nSPS) is 17.3. The first-order valence-electron chi connectivity index (χ1n) is 5.94. The summed E-state index contributed by atoms with van der Waals surface area (Å²) in [5, 5.41) is 1.07. The van der Waals surface area contributed by atoms with Crippen molar-refractivity contribution in [3.63, 3.8) is 0 Å². The highest BCUT2D eigenvalue weighted by atomic mass is 32.1. The summed E-state index contributed by atoms with van der Waals surface area (Å²) in [4.78, 5) is 19.0. The number of hydrogen-bond donors (Lipinski definition) is 0. The predicted octanol–water partition coefficient (Wildman–Crippen LogP) is 1.53. The summed E-state index contributed by atoms with van der Waals surface area (Å²) < 4.78 is 5.31. The van der Waals surface area contributed by atoms with E-state index in [0.29, 0.717) is 0 Å². The van der Waals surface area contributed by atoms with Crippen LogP contribution >= 0.6 is 11.3 Å². The fraction of sp³-hybridized carbons (Fsp3) is 0.667. The zero-order valence-corrected chi connectivity index (χ0v) is 11.2. The van der Waals surface area contributed by atoms with Crippen molar-refractivity contribution in [3.05, 3.63) is 15.6 Å². The van der Waals surface area contributed by atoms with E-state index < -0.39 is 0 Å². The molecule has 2 heterocycles. The third kappa shape index (κ3) is 3.34. The fourth-order valence-electron chi connectivity index (χ4n) is 1.96. The topological polar surface area (TPSA) is 42.4 Å². The molecule has 0 amide bonds. The number of aryl methyl sites for hydroxylation is 1. The number of thiazole rings is 1. The highest BCUT2D eigenvalue weighted by Crippen LogP contribution is 2.19. The minimum atomic E-state index is 0.123. The molecule has 0 atom stereocenters. The fourth-order valence-corrected chi connectivity index (χ4v) is 2.91. The van der Waals surface area contributed by atoms with Gasteiger partial charge in [-0.2, -0.15) is 0 Å². The average Bonchev–Trinajstić information content (AvgIpc) is 2.69. The summed E-state index contributed by atoms with van der Waals surface area (Å²) in [7, 11) is 0. The molecular formula is C12H18N2O2S. The van der Waals surface area contributed by atoms with Crippen LogP contribution in [0.4, 0.5) is 0 Å². The van der Waals surface area contributed by atoms with Crippen molar-refractivity contribution in [2.45, 2.75) is 20.3 Å². The Balaban J connectivity index is 1.90. The van der Waals surface area contributed by atoms with Gasteiger partial charge < -0.3 is 4.74 Å². The van der Waals surface area contributed by atoms with Crippen LogP contribution in [0.3, 0.4) is 0 Å². The van der Waals surface area contributed by atoms with Gasteiger partial charge >= 0.3 is 0 Å². The molecule has 0 unspecified atom stereocenters. The molecule has 17 heavy (non-hydrogen) atoms. The first-order chi connectivity index (χ1) is 8.16. The number of ketones is 1. The lowest BCUT2D eigenvalue weighted by Gasteiger charge is -2.25. The second-order valence-electron chi connectivity index (χ2n) is 4.28. The van der Waals surface area contributed by atoms with Crippen molar-refractivity contribution in [1.82, 2.24) is 9.88 Å². The van der Waals surface area contributed by atoms with E-state index in [2.05, 4.69) is 9.88 Å². The van der Waals surface area contributed by atoms with Crippen molar-refractivity contribution >= 4 is 17.1 Å². The molecule has 0 spiro atoms. The molecule has 1 aromatic heterocycles. The Bertz CT molecular complexity index is 397. The van der Waals surface area contributed by atoms with Gasteiger partial charge in [0.2, 0.25) is 0 Å². The number of morpholine rings is 1. The van der Waals surface area contributed by atoms with E-state index in [9.17, 15) is 4.79 Å². The number of Topliss-reactive ketones (excluding diaryl/α,β-unsaturated/α-hetero) is 1. The van der Waals surface area contributed by atoms with Crippen LogP contribution in [0, 0.1) is 6.92 Å². The van der Waals surface area contributed by atoms with Crippen molar-refractivity contribution < 1.29 is 9.53 Å². The number of hydrogen-bond acceptors (Lipinski definition) is 5. The van der Waals surface area contributed by atoms with Gasteiger partial charge in [0.15, 0.2) is 5.78 Å². The largest absolute Gasteiger partial charge is 0.379 e. The van der Waals surface area contributed by atoms with E-state index in [4.69, 9.17) is 4.74 Å². The van der Waals surface area contributed by atoms with Gasteiger partial charge in [-0.15, -0.1) is 11.3 Å². The minimum Gasteiger partial charge on any atom is -0.379 e. The van der Waals surface area contributed by atoms with Crippen molar-refractivity contribution in [1.29, 1.82) is 0 Å². The molecule has 1 fully saturated rings. The highest BCUT2D eigenvalue weighted by Gasteiger charge is 2.14. The van der Waals surface area contributed by atoms with E-state index in [0.717, 1.165) is 54.8 Å².